The number of aromatic nitrogens is 3. The van der Waals surface area contributed by atoms with Gasteiger partial charge in [-0.1, -0.05) is 0 Å². The third-order valence-electron chi connectivity index (χ3n) is 4.65. The van der Waals surface area contributed by atoms with E-state index in [-0.39, 0.29) is 23.6 Å². The molecule has 2 aromatic rings. The Morgan fingerprint density at radius 1 is 1.13 bits per heavy atom. The molecule has 118 valence electrons. The number of pyridine rings is 1. The summed E-state index contributed by atoms with van der Waals surface area (Å²) in [6, 6.07) is 3.51. The molecule has 0 N–H and O–H groups in total. The van der Waals surface area contributed by atoms with E-state index in [2.05, 4.69) is 19.9 Å². The largest absolute Gasteiger partial charge is 0.336 e. The number of likely N-dealkylation sites (tertiary alicyclic amines) is 1. The first-order valence-corrected chi connectivity index (χ1v) is 7.70. The van der Waals surface area contributed by atoms with E-state index in [1.807, 2.05) is 0 Å². The molecule has 2 atom stereocenters. The third kappa shape index (κ3) is 2.32. The lowest BCUT2D eigenvalue weighted by Gasteiger charge is -2.25. The van der Waals surface area contributed by atoms with Crippen LogP contribution in [-0.4, -0.2) is 50.9 Å². The van der Waals surface area contributed by atoms with Crippen molar-refractivity contribution in [2.45, 2.75) is 24.9 Å². The van der Waals surface area contributed by atoms with Crippen molar-refractivity contribution < 1.29 is 9.18 Å². The Hall–Kier alpha value is -2.57. The maximum atomic E-state index is 13.8. The van der Waals surface area contributed by atoms with Crippen LogP contribution < -0.4 is 4.90 Å². The predicted molar refractivity (Wildman–Crippen MR) is 81.4 cm³/mol. The summed E-state index contributed by atoms with van der Waals surface area (Å²) in [5, 5.41) is 0. The van der Waals surface area contributed by atoms with E-state index in [0.29, 0.717) is 12.5 Å². The standard InChI is InChI=1S/C16H16FN5O/c17-12-10-18-7-2-11(12)15(23)21-8-3-14-13(21)4-9-22(14)16-19-5-1-6-20-16/h1-2,5-7,10,13-14H,3-4,8-9H2/t13-,14+/m0/s1. The predicted octanol–water partition coefficient (Wildman–Crippen LogP) is 1.50. The lowest BCUT2D eigenvalue weighted by molar-refractivity contribution is 0.0732. The number of amides is 1. The van der Waals surface area contributed by atoms with E-state index >= 15 is 0 Å². The second kappa shape index (κ2) is 5.57. The Kier molecular flexibility index (Phi) is 3.40. The van der Waals surface area contributed by atoms with Crippen LogP contribution in [0.2, 0.25) is 0 Å². The first-order chi connectivity index (χ1) is 11.3. The fourth-order valence-corrected chi connectivity index (χ4v) is 3.63. The average Bonchev–Trinajstić information content (AvgIpc) is 3.17. The van der Waals surface area contributed by atoms with Gasteiger partial charge in [-0.25, -0.2) is 14.4 Å². The average molecular weight is 313 g/mol. The molecule has 2 fully saturated rings. The molecule has 4 heterocycles. The van der Waals surface area contributed by atoms with Crippen molar-refractivity contribution >= 4 is 11.9 Å². The fraction of sp³-hybridized carbons (Fsp3) is 0.375. The molecule has 0 aromatic carbocycles. The highest BCUT2D eigenvalue weighted by atomic mass is 19.1. The molecule has 0 aliphatic carbocycles. The van der Waals surface area contributed by atoms with Gasteiger partial charge in [-0.05, 0) is 25.0 Å². The van der Waals surface area contributed by atoms with Crippen LogP contribution in [0.5, 0.6) is 0 Å². The minimum absolute atomic E-state index is 0.0823. The molecule has 23 heavy (non-hydrogen) atoms. The van der Waals surface area contributed by atoms with Crippen molar-refractivity contribution in [2.24, 2.45) is 0 Å². The maximum Gasteiger partial charge on any atom is 0.257 e. The highest BCUT2D eigenvalue weighted by Crippen LogP contribution is 2.34. The molecule has 0 saturated carbocycles. The van der Waals surface area contributed by atoms with Crippen LogP contribution in [0.3, 0.4) is 0 Å². The topological polar surface area (TPSA) is 62.2 Å². The second-order valence-electron chi connectivity index (χ2n) is 5.81. The zero-order valence-electron chi connectivity index (χ0n) is 12.5. The van der Waals surface area contributed by atoms with Gasteiger partial charge in [0.15, 0.2) is 5.82 Å². The molecular formula is C16H16FN5O. The van der Waals surface area contributed by atoms with E-state index in [1.165, 1.54) is 12.3 Å². The lowest BCUT2D eigenvalue weighted by atomic mass is 10.1. The summed E-state index contributed by atoms with van der Waals surface area (Å²) < 4.78 is 13.8. The van der Waals surface area contributed by atoms with Gasteiger partial charge in [-0.15, -0.1) is 0 Å². The summed E-state index contributed by atoms with van der Waals surface area (Å²) in [7, 11) is 0. The Morgan fingerprint density at radius 2 is 1.91 bits per heavy atom. The molecular weight excluding hydrogens is 297 g/mol. The van der Waals surface area contributed by atoms with E-state index in [0.717, 1.165) is 25.6 Å². The van der Waals surface area contributed by atoms with Crippen LogP contribution in [-0.2, 0) is 0 Å². The molecule has 0 spiro atoms. The number of rotatable bonds is 2. The summed E-state index contributed by atoms with van der Waals surface area (Å²) in [6.45, 7) is 1.43. The van der Waals surface area contributed by atoms with Crippen molar-refractivity contribution in [3.8, 4) is 0 Å². The van der Waals surface area contributed by atoms with Crippen LogP contribution in [0.15, 0.2) is 36.9 Å². The van der Waals surface area contributed by atoms with E-state index in [9.17, 15) is 9.18 Å². The number of fused-ring (bicyclic) bond motifs is 1. The van der Waals surface area contributed by atoms with Crippen molar-refractivity contribution in [3.63, 3.8) is 0 Å². The number of hydrogen-bond acceptors (Lipinski definition) is 5. The summed E-state index contributed by atoms with van der Waals surface area (Å²) in [5.41, 5.74) is 0.0926. The van der Waals surface area contributed by atoms with Crippen LogP contribution in [0.4, 0.5) is 10.3 Å². The first-order valence-electron chi connectivity index (χ1n) is 7.70. The Morgan fingerprint density at radius 3 is 2.70 bits per heavy atom. The number of carbonyl (C=O) groups excluding carboxylic acids is 1. The zero-order chi connectivity index (χ0) is 15.8. The van der Waals surface area contributed by atoms with Crippen LogP contribution in [0, 0.1) is 5.82 Å². The number of carbonyl (C=O) groups is 1. The fourth-order valence-electron chi connectivity index (χ4n) is 3.63. The van der Waals surface area contributed by atoms with Gasteiger partial charge in [0.1, 0.15) is 0 Å². The Bertz CT molecular complexity index is 725. The molecule has 0 unspecified atom stereocenters. The molecule has 2 saturated heterocycles. The number of hydrogen-bond donors (Lipinski definition) is 0. The Balaban J connectivity index is 1.56. The number of anilines is 1. The summed E-state index contributed by atoms with van der Waals surface area (Å²) in [4.78, 5) is 28.9. The molecule has 0 radical (unpaired) electrons. The van der Waals surface area contributed by atoms with E-state index in [4.69, 9.17) is 0 Å². The highest BCUT2D eigenvalue weighted by Gasteiger charge is 2.45. The molecule has 2 aromatic heterocycles. The molecule has 2 aliphatic rings. The molecule has 6 nitrogen and oxygen atoms in total. The van der Waals surface area contributed by atoms with Crippen molar-refractivity contribution in [1.82, 2.24) is 19.9 Å². The first kappa shape index (κ1) is 14.0. The number of nitrogens with zero attached hydrogens (tertiary/aromatic N) is 5. The van der Waals surface area contributed by atoms with Crippen molar-refractivity contribution in [3.05, 3.63) is 48.3 Å². The SMILES string of the molecule is O=C(c1ccncc1F)N1CC[C@@H]2[C@@H]1CCN2c1ncccn1. The third-order valence-corrected chi connectivity index (χ3v) is 4.65. The molecule has 7 heteroatoms. The van der Waals surface area contributed by atoms with Crippen molar-refractivity contribution in [2.75, 3.05) is 18.0 Å². The van der Waals surface area contributed by atoms with E-state index in [1.54, 1.807) is 23.4 Å². The van der Waals surface area contributed by atoms with Gasteiger partial charge in [-0.2, -0.15) is 0 Å². The summed E-state index contributed by atoms with van der Waals surface area (Å²) >= 11 is 0. The number of halogens is 1. The summed E-state index contributed by atoms with van der Waals surface area (Å²) in [5.74, 6) is -0.125. The smallest absolute Gasteiger partial charge is 0.257 e. The van der Waals surface area contributed by atoms with Gasteiger partial charge in [0.25, 0.3) is 5.91 Å². The maximum absolute atomic E-state index is 13.8. The monoisotopic (exact) mass is 313 g/mol. The van der Waals surface area contributed by atoms with Crippen LogP contribution in [0.1, 0.15) is 23.2 Å². The summed E-state index contributed by atoms with van der Waals surface area (Å²) in [6.07, 6.45) is 7.67. The van der Waals surface area contributed by atoms with Crippen molar-refractivity contribution in [1.29, 1.82) is 0 Å². The van der Waals surface area contributed by atoms with Gasteiger partial charge in [0, 0.05) is 31.7 Å². The minimum atomic E-state index is -0.567. The van der Waals surface area contributed by atoms with E-state index < -0.39 is 5.82 Å². The van der Waals surface area contributed by atoms with Gasteiger partial charge in [-0.3, -0.25) is 9.78 Å². The van der Waals surface area contributed by atoms with Crippen LogP contribution in [0.25, 0.3) is 0 Å². The zero-order valence-corrected chi connectivity index (χ0v) is 12.5. The van der Waals surface area contributed by atoms with Crippen LogP contribution >= 0.6 is 0 Å². The normalized spacial score (nSPS) is 23.2. The quantitative estimate of drug-likeness (QED) is 0.841. The second-order valence-corrected chi connectivity index (χ2v) is 5.81. The highest BCUT2D eigenvalue weighted by molar-refractivity contribution is 5.95. The molecule has 4 rings (SSSR count). The van der Waals surface area contributed by atoms with Gasteiger partial charge in [0.05, 0.1) is 23.8 Å². The van der Waals surface area contributed by atoms with Gasteiger partial charge < -0.3 is 9.80 Å². The minimum Gasteiger partial charge on any atom is -0.336 e. The molecule has 2 aliphatic heterocycles. The molecule has 1 amide bonds. The molecule has 0 bridgehead atoms. The van der Waals surface area contributed by atoms with Gasteiger partial charge in [0.2, 0.25) is 5.95 Å². The lowest BCUT2D eigenvalue weighted by Crippen LogP contribution is -2.40. The Labute approximate surface area is 133 Å². The van der Waals surface area contributed by atoms with Gasteiger partial charge >= 0.3 is 0 Å².